The van der Waals surface area contributed by atoms with E-state index >= 15 is 0 Å². The van der Waals surface area contributed by atoms with Gasteiger partial charge in [-0.1, -0.05) is 0 Å². The number of hydrogen-bond acceptors (Lipinski definition) is 5. The van der Waals surface area contributed by atoms with E-state index in [4.69, 9.17) is 0 Å². The molecular weight excluding hydrogens is 316 g/mol. The van der Waals surface area contributed by atoms with Crippen LogP contribution in [0.25, 0.3) is 0 Å². The molecule has 2 aromatic carbocycles. The molecule has 0 aromatic heterocycles. The number of phenolic OH excluding ortho intramolecular Hbond substituents is 2. The average molecular weight is 338 g/mol. The highest BCUT2D eigenvalue weighted by atomic mass is 16.3. The molecule has 1 aliphatic heterocycles. The largest absolute Gasteiger partial charge is 0.508 e. The number of phenols is 2. The minimum absolute atomic E-state index is 0.0870. The first kappa shape index (κ1) is 17.2. The van der Waals surface area contributed by atoms with Gasteiger partial charge in [0.1, 0.15) is 11.5 Å². The fraction of sp³-hybridized carbons (Fsp3) is 0.300. The quantitative estimate of drug-likeness (QED) is 0.822. The van der Waals surface area contributed by atoms with Crippen LogP contribution in [0.2, 0.25) is 0 Å². The van der Waals surface area contributed by atoms with Crippen molar-refractivity contribution in [2.45, 2.75) is 12.8 Å². The Hall–Kier alpha value is -2.66. The molecule has 130 valence electrons. The number of rotatable bonds is 5. The fourth-order valence-corrected chi connectivity index (χ4v) is 2.95. The van der Waals surface area contributed by atoms with Gasteiger partial charge in [-0.15, -0.1) is 0 Å². The molecule has 0 atom stereocenters. The van der Waals surface area contributed by atoms with Gasteiger partial charge in [0.05, 0.1) is 6.54 Å². The van der Waals surface area contributed by atoms with Crippen molar-refractivity contribution < 1.29 is 15.0 Å². The summed E-state index contributed by atoms with van der Waals surface area (Å²) in [5.74, 6) is 0.513. The number of aromatic hydroxyl groups is 2. The minimum atomic E-state index is 0.0870. The second-order valence-electron chi connectivity index (χ2n) is 6.19. The monoisotopic (exact) mass is 338 g/mol. The topological polar surface area (TPSA) is 73.1 Å². The third-order valence-electron chi connectivity index (χ3n) is 4.43. The van der Waals surface area contributed by atoms with Gasteiger partial charge in [0, 0.05) is 43.8 Å². The number of nitrogens with zero attached hydrogens (tertiary/aromatic N) is 2. The molecule has 2 aromatic rings. The summed E-state index contributed by atoms with van der Waals surface area (Å²) in [5.41, 5.74) is 2.72. The lowest BCUT2D eigenvalue weighted by atomic mass is 10.1. The zero-order valence-corrected chi connectivity index (χ0v) is 14.1. The molecule has 0 aliphatic carbocycles. The number of ketones is 1. The number of hydrogen-bond donors (Lipinski definition) is 2. The summed E-state index contributed by atoms with van der Waals surface area (Å²) in [6.07, 6.45) is 1.29. The molecule has 0 radical (unpaired) electrons. The van der Waals surface area contributed by atoms with Crippen LogP contribution < -0.4 is 0 Å². The molecule has 1 heterocycles. The van der Waals surface area contributed by atoms with Crippen LogP contribution >= 0.6 is 0 Å². The van der Waals surface area contributed by atoms with E-state index < -0.39 is 0 Å². The van der Waals surface area contributed by atoms with Crippen LogP contribution in [-0.4, -0.2) is 52.8 Å². The van der Waals surface area contributed by atoms with Gasteiger partial charge in [0.15, 0.2) is 5.78 Å². The van der Waals surface area contributed by atoms with E-state index in [9.17, 15) is 15.0 Å². The molecule has 2 N–H and O–H groups in total. The molecule has 0 bridgehead atoms. The van der Waals surface area contributed by atoms with Crippen molar-refractivity contribution in [1.82, 2.24) is 4.90 Å². The summed E-state index contributed by atoms with van der Waals surface area (Å²) in [7, 11) is 0. The molecule has 0 unspecified atom stereocenters. The summed E-state index contributed by atoms with van der Waals surface area (Å²) in [6, 6.07) is 13.5. The maximum absolute atomic E-state index is 12.2. The number of Topliss-reactive ketones (excluding diaryl/α,β-unsaturated/α-hetero) is 1. The van der Waals surface area contributed by atoms with E-state index in [-0.39, 0.29) is 17.3 Å². The Kier molecular flexibility index (Phi) is 5.46. The highest BCUT2D eigenvalue weighted by molar-refractivity contribution is 6.01. The standard InChI is InChI=1S/C20H22N2O3/c23-17-5-1-15(2-6-17)19-9-12-22(14-11-21-19)13-10-20(25)16-3-7-18(24)8-4-16/h1-8,23-24H,9-14H2. The van der Waals surface area contributed by atoms with Gasteiger partial charge in [0.25, 0.3) is 0 Å². The first-order valence-corrected chi connectivity index (χ1v) is 8.49. The summed E-state index contributed by atoms with van der Waals surface area (Å²) >= 11 is 0. The smallest absolute Gasteiger partial charge is 0.164 e. The van der Waals surface area contributed by atoms with Gasteiger partial charge in [-0.25, -0.2) is 0 Å². The number of aliphatic imine (C=N–C) groups is 1. The molecule has 0 fully saturated rings. The van der Waals surface area contributed by atoms with E-state index in [1.165, 1.54) is 12.1 Å². The molecule has 5 nitrogen and oxygen atoms in total. The summed E-state index contributed by atoms with van der Waals surface area (Å²) in [4.78, 5) is 19.1. The fourth-order valence-electron chi connectivity index (χ4n) is 2.95. The van der Waals surface area contributed by atoms with Gasteiger partial charge in [-0.3, -0.25) is 9.79 Å². The first-order valence-electron chi connectivity index (χ1n) is 8.49. The average Bonchev–Trinajstić information content (AvgIpc) is 2.87. The zero-order chi connectivity index (χ0) is 17.6. The Morgan fingerprint density at radius 2 is 1.60 bits per heavy atom. The second-order valence-corrected chi connectivity index (χ2v) is 6.19. The molecule has 3 rings (SSSR count). The van der Waals surface area contributed by atoms with E-state index in [2.05, 4.69) is 9.89 Å². The number of carbonyl (C=O) groups excluding carboxylic acids is 1. The van der Waals surface area contributed by atoms with E-state index in [0.717, 1.165) is 30.8 Å². The van der Waals surface area contributed by atoms with Gasteiger partial charge in [-0.2, -0.15) is 0 Å². The minimum Gasteiger partial charge on any atom is -0.508 e. The van der Waals surface area contributed by atoms with Crippen molar-refractivity contribution in [3.05, 3.63) is 59.7 Å². The molecule has 0 amide bonds. The highest BCUT2D eigenvalue weighted by Gasteiger charge is 2.15. The van der Waals surface area contributed by atoms with Gasteiger partial charge in [-0.05, 0) is 54.1 Å². The zero-order valence-electron chi connectivity index (χ0n) is 14.1. The Bertz CT molecular complexity index is 752. The van der Waals surface area contributed by atoms with Crippen LogP contribution in [0.15, 0.2) is 53.5 Å². The maximum Gasteiger partial charge on any atom is 0.164 e. The third-order valence-corrected chi connectivity index (χ3v) is 4.43. The predicted octanol–water partition coefficient (Wildman–Crippen LogP) is 2.87. The van der Waals surface area contributed by atoms with Crippen molar-refractivity contribution in [1.29, 1.82) is 0 Å². The Balaban J connectivity index is 1.52. The van der Waals surface area contributed by atoms with Gasteiger partial charge >= 0.3 is 0 Å². The van der Waals surface area contributed by atoms with Crippen LogP contribution in [0.1, 0.15) is 28.8 Å². The van der Waals surface area contributed by atoms with Crippen LogP contribution in [0.3, 0.4) is 0 Å². The molecular formula is C20H22N2O3. The lowest BCUT2D eigenvalue weighted by Gasteiger charge is -2.18. The number of benzene rings is 2. The highest BCUT2D eigenvalue weighted by Crippen LogP contribution is 2.15. The Morgan fingerprint density at radius 1 is 0.960 bits per heavy atom. The molecule has 0 saturated heterocycles. The Morgan fingerprint density at radius 3 is 2.28 bits per heavy atom. The van der Waals surface area contributed by atoms with Crippen LogP contribution in [0.5, 0.6) is 11.5 Å². The molecule has 0 saturated carbocycles. The van der Waals surface area contributed by atoms with E-state index in [0.29, 0.717) is 25.1 Å². The molecule has 1 aliphatic rings. The number of carbonyl (C=O) groups is 1. The summed E-state index contributed by atoms with van der Waals surface area (Å²) < 4.78 is 0. The lowest BCUT2D eigenvalue weighted by Crippen LogP contribution is -2.29. The van der Waals surface area contributed by atoms with E-state index in [1.54, 1.807) is 24.3 Å². The predicted molar refractivity (Wildman–Crippen MR) is 97.6 cm³/mol. The van der Waals surface area contributed by atoms with E-state index in [1.807, 2.05) is 12.1 Å². The second kappa shape index (κ2) is 7.94. The SMILES string of the molecule is O=C(CCN1CCN=C(c2ccc(O)cc2)CC1)c1ccc(O)cc1. The van der Waals surface area contributed by atoms with Gasteiger partial charge in [0.2, 0.25) is 0 Å². The van der Waals surface area contributed by atoms with Crippen LogP contribution in [0, 0.1) is 0 Å². The third kappa shape index (κ3) is 4.67. The maximum atomic E-state index is 12.2. The molecule has 25 heavy (non-hydrogen) atoms. The normalized spacial score (nSPS) is 15.4. The summed E-state index contributed by atoms with van der Waals surface area (Å²) in [6.45, 7) is 3.12. The molecule has 0 spiro atoms. The first-order chi connectivity index (χ1) is 12.1. The lowest BCUT2D eigenvalue weighted by molar-refractivity contribution is 0.0965. The van der Waals surface area contributed by atoms with Crippen molar-refractivity contribution in [2.24, 2.45) is 4.99 Å². The van der Waals surface area contributed by atoms with Crippen molar-refractivity contribution in [2.75, 3.05) is 26.2 Å². The van der Waals surface area contributed by atoms with Crippen LogP contribution in [0.4, 0.5) is 0 Å². The Labute approximate surface area is 147 Å². The van der Waals surface area contributed by atoms with Gasteiger partial charge < -0.3 is 15.1 Å². The van der Waals surface area contributed by atoms with Crippen LogP contribution in [-0.2, 0) is 0 Å². The van der Waals surface area contributed by atoms with Crippen molar-refractivity contribution >= 4 is 11.5 Å². The summed E-state index contributed by atoms with van der Waals surface area (Å²) in [5, 5.41) is 18.7. The molecule has 5 heteroatoms. The van der Waals surface area contributed by atoms with Crippen molar-refractivity contribution in [3.63, 3.8) is 0 Å². The van der Waals surface area contributed by atoms with Crippen molar-refractivity contribution in [3.8, 4) is 11.5 Å².